The number of fused-ring (bicyclic) bond motifs is 1. The van der Waals surface area contributed by atoms with Crippen LogP contribution in [0.2, 0.25) is 0 Å². The fourth-order valence-corrected chi connectivity index (χ4v) is 2.87. The lowest BCUT2D eigenvalue weighted by atomic mass is 10.0. The van der Waals surface area contributed by atoms with Crippen LogP contribution >= 0.6 is 11.8 Å². The predicted molar refractivity (Wildman–Crippen MR) is 70.2 cm³/mol. The molecule has 3 heteroatoms. The number of thioether (sulfide) groups is 1. The van der Waals surface area contributed by atoms with Crippen LogP contribution < -0.4 is 10.5 Å². The first kappa shape index (κ1) is 11.8. The molecule has 0 spiro atoms. The maximum atomic E-state index is 6.21. The average molecular weight is 237 g/mol. The minimum absolute atomic E-state index is 0.101. The van der Waals surface area contributed by atoms with Gasteiger partial charge in [0, 0.05) is 23.8 Å². The Morgan fingerprint density at radius 1 is 1.50 bits per heavy atom. The van der Waals surface area contributed by atoms with E-state index < -0.39 is 0 Å². The van der Waals surface area contributed by atoms with Crippen molar-refractivity contribution in [1.29, 1.82) is 0 Å². The molecule has 16 heavy (non-hydrogen) atoms. The van der Waals surface area contributed by atoms with Crippen molar-refractivity contribution in [2.45, 2.75) is 25.8 Å². The third kappa shape index (κ3) is 2.53. The molecule has 1 aliphatic heterocycles. The average Bonchev–Trinajstić information content (AvgIpc) is 2.76. The molecule has 2 nitrogen and oxygen atoms in total. The maximum Gasteiger partial charge on any atom is 0.127 e. The number of benzene rings is 1. The number of hydrogen-bond acceptors (Lipinski definition) is 3. The van der Waals surface area contributed by atoms with E-state index in [2.05, 4.69) is 25.1 Å². The van der Waals surface area contributed by atoms with Crippen molar-refractivity contribution in [2.24, 2.45) is 5.73 Å². The molecule has 2 N–H and O–H groups in total. The molecule has 1 aromatic carbocycles. The number of nitrogens with two attached hydrogens (primary N) is 1. The van der Waals surface area contributed by atoms with E-state index in [1.54, 1.807) is 0 Å². The van der Waals surface area contributed by atoms with Gasteiger partial charge in [0.2, 0.25) is 0 Å². The summed E-state index contributed by atoms with van der Waals surface area (Å²) in [7, 11) is 0. The highest BCUT2D eigenvalue weighted by Crippen LogP contribution is 2.33. The first-order chi connectivity index (χ1) is 7.83. The molecule has 0 saturated heterocycles. The van der Waals surface area contributed by atoms with Crippen LogP contribution in [0.25, 0.3) is 0 Å². The van der Waals surface area contributed by atoms with Crippen molar-refractivity contribution >= 4 is 11.8 Å². The molecule has 1 unspecified atom stereocenters. The zero-order valence-electron chi connectivity index (χ0n) is 9.74. The van der Waals surface area contributed by atoms with Gasteiger partial charge in [-0.25, -0.2) is 0 Å². The van der Waals surface area contributed by atoms with Gasteiger partial charge in [-0.05, 0) is 17.7 Å². The SMILES string of the molecule is CCCSCC(N)c1cccc2c1OCC2. The molecule has 2 rings (SSSR count). The van der Waals surface area contributed by atoms with E-state index in [-0.39, 0.29) is 6.04 Å². The summed E-state index contributed by atoms with van der Waals surface area (Å²) < 4.78 is 5.67. The van der Waals surface area contributed by atoms with Crippen LogP contribution in [0, 0.1) is 0 Å². The quantitative estimate of drug-likeness (QED) is 0.800. The van der Waals surface area contributed by atoms with Crippen molar-refractivity contribution in [3.8, 4) is 5.75 Å². The van der Waals surface area contributed by atoms with Gasteiger partial charge >= 0.3 is 0 Å². The molecule has 0 aliphatic carbocycles. The lowest BCUT2D eigenvalue weighted by Gasteiger charge is -2.15. The Kier molecular flexibility index (Phi) is 4.13. The minimum Gasteiger partial charge on any atom is -0.493 e. The van der Waals surface area contributed by atoms with E-state index in [0.29, 0.717) is 0 Å². The summed E-state index contributed by atoms with van der Waals surface area (Å²) in [4.78, 5) is 0. The molecule has 1 heterocycles. The third-order valence-corrected chi connectivity index (χ3v) is 4.08. The van der Waals surface area contributed by atoms with Crippen LogP contribution in [0.4, 0.5) is 0 Å². The zero-order chi connectivity index (χ0) is 11.4. The summed E-state index contributed by atoms with van der Waals surface area (Å²) in [5.74, 6) is 3.21. The Hall–Kier alpha value is -0.670. The van der Waals surface area contributed by atoms with Gasteiger partial charge in [0.05, 0.1) is 6.61 Å². The van der Waals surface area contributed by atoms with E-state index in [9.17, 15) is 0 Å². The van der Waals surface area contributed by atoms with E-state index in [4.69, 9.17) is 10.5 Å². The van der Waals surface area contributed by atoms with Gasteiger partial charge < -0.3 is 10.5 Å². The summed E-state index contributed by atoms with van der Waals surface area (Å²) in [5.41, 5.74) is 8.70. The Bertz CT molecular complexity index is 354. The van der Waals surface area contributed by atoms with Gasteiger partial charge in [-0.1, -0.05) is 25.1 Å². The summed E-state index contributed by atoms with van der Waals surface area (Å²) in [6.45, 7) is 3.00. The number of hydrogen-bond donors (Lipinski definition) is 1. The number of ether oxygens (including phenoxy) is 1. The standard InChI is InChI=1S/C13H19NOS/c1-2-8-16-9-12(14)11-5-3-4-10-6-7-15-13(10)11/h3-5,12H,2,6-9,14H2,1H3. The molecule has 1 aromatic rings. The van der Waals surface area contributed by atoms with E-state index >= 15 is 0 Å². The van der Waals surface area contributed by atoms with Crippen LogP contribution in [0.1, 0.15) is 30.5 Å². The molecule has 0 radical (unpaired) electrons. The van der Waals surface area contributed by atoms with Gasteiger partial charge in [-0.15, -0.1) is 0 Å². The Morgan fingerprint density at radius 2 is 2.38 bits per heavy atom. The van der Waals surface area contributed by atoms with E-state index in [1.165, 1.54) is 23.3 Å². The van der Waals surface area contributed by atoms with Crippen molar-refractivity contribution in [1.82, 2.24) is 0 Å². The number of rotatable bonds is 5. The molecule has 0 saturated carbocycles. The second-order valence-electron chi connectivity index (χ2n) is 4.12. The highest BCUT2D eigenvalue weighted by Gasteiger charge is 2.19. The predicted octanol–water partition coefficient (Wildman–Crippen LogP) is 2.76. The summed E-state index contributed by atoms with van der Waals surface area (Å²) in [6, 6.07) is 6.43. The van der Waals surface area contributed by atoms with Crippen molar-refractivity contribution < 1.29 is 4.74 Å². The van der Waals surface area contributed by atoms with Gasteiger partial charge in [0.25, 0.3) is 0 Å². The molecule has 88 valence electrons. The molecule has 1 aliphatic rings. The monoisotopic (exact) mass is 237 g/mol. The second kappa shape index (κ2) is 5.60. The third-order valence-electron chi connectivity index (χ3n) is 2.79. The van der Waals surface area contributed by atoms with Crippen LogP contribution in [-0.4, -0.2) is 18.1 Å². The zero-order valence-corrected chi connectivity index (χ0v) is 10.6. The molecular formula is C13H19NOS. The topological polar surface area (TPSA) is 35.2 Å². The molecular weight excluding hydrogens is 218 g/mol. The summed E-state index contributed by atoms with van der Waals surface area (Å²) in [5, 5.41) is 0. The molecule has 0 amide bonds. The molecule has 0 aromatic heterocycles. The molecule has 1 atom stereocenters. The fraction of sp³-hybridized carbons (Fsp3) is 0.538. The lowest BCUT2D eigenvalue weighted by Crippen LogP contribution is -2.14. The minimum atomic E-state index is 0.101. The number of para-hydroxylation sites is 1. The summed E-state index contributed by atoms with van der Waals surface area (Å²) >= 11 is 1.92. The van der Waals surface area contributed by atoms with Crippen LogP contribution in [0.15, 0.2) is 18.2 Å². The Balaban J connectivity index is 2.05. The van der Waals surface area contributed by atoms with Crippen molar-refractivity contribution in [3.05, 3.63) is 29.3 Å². The van der Waals surface area contributed by atoms with Crippen molar-refractivity contribution in [3.63, 3.8) is 0 Å². The molecule has 0 bridgehead atoms. The first-order valence-electron chi connectivity index (χ1n) is 5.91. The van der Waals surface area contributed by atoms with Crippen LogP contribution in [0.5, 0.6) is 5.75 Å². The Labute approximate surface area is 102 Å². The fourth-order valence-electron chi connectivity index (χ4n) is 1.98. The van der Waals surface area contributed by atoms with Gasteiger partial charge in [-0.3, -0.25) is 0 Å². The smallest absolute Gasteiger partial charge is 0.127 e. The largest absolute Gasteiger partial charge is 0.493 e. The Morgan fingerprint density at radius 3 is 3.19 bits per heavy atom. The van der Waals surface area contributed by atoms with E-state index in [1.807, 2.05) is 11.8 Å². The normalized spacial score (nSPS) is 15.6. The van der Waals surface area contributed by atoms with Crippen LogP contribution in [-0.2, 0) is 6.42 Å². The second-order valence-corrected chi connectivity index (χ2v) is 5.27. The van der Waals surface area contributed by atoms with Crippen molar-refractivity contribution in [2.75, 3.05) is 18.1 Å². The van der Waals surface area contributed by atoms with Crippen LogP contribution in [0.3, 0.4) is 0 Å². The first-order valence-corrected chi connectivity index (χ1v) is 7.06. The van der Waals surface area contributed by atoms with Gasteiger partial charge in [0.1, 0.15) is 5.75 Å². The highest BCUT2D eigenvalue weighted by molar-refractivity contribution is 7.99. The maximum absolute atomic E-state index is 6.21. The van der Waals surface area contributed by atoms with Gasteiger partial charge in [0.15, 0.2) is 0 Å². The summed E-state index contributed by atoms with van der Waals surface area (Å²) in [6.07, 6.45) is 2.23. The van der Waals surface area contributed by atoms with E-state index in [0.717, 1.165) is 24.5 Å². The molecule has 0 fully saturated rings. The lowest BCUT2D eigenvalue weighted by molar-refractivity contribution is 0.352. The highest BCUT2D eigenvalue weighted by atomic mass is 32.2. The van der Waals surface area contributed by atoms with Gasteiger partial charge in [-0.2, -0.15) is 11.8 Å².